The second-order valence-corrected chi connectivity index (χ2v) is 2.56. The second-order valence-electron chi connectivity index (χ2n) is 2.56. The molecule has 48 valence electrons. The van der Waals surface area contributed by atoms with Crippen LogP contribution in [0.2, 0.25) is 0 Å². The van der Waals surface area contributed by atoms with Gasteiger partial charge in [0.15, 0.2) is 0 Å². The van der Waals surface area contributed by atoms with E-state index >= 15 is 0 Å². The molecule has 0 saturated carbocycles. The van der Waals surface area contributed by atoms with Crippen LogP contribution in [0.25, 0.3) is 0 Å². The Kier molecular flexibility index (Phi) is 4.62. The average molecular weight is 223 g/mol. The third-order valence-corrected chi connectivity index (χ3v) is 0.642. The Labute approximate surface area is 66.2 Å². The number of rotatable bonds is 0. The molecule has 8 heavy (non-hydrogen) atoms. The molecular weight excluding hydrogens is 211 g/mol. The van der Waals surface area contributed by atoms with Crippen LogP contribution in [0.4, 0.5) is 0 Å². The van der Waals surface area contributed by atoms with Gasteiger partial charge in [-0.3, -0.25) is 4.79 Å². The number of aliphatic carboxylic acids is 1. The minimum atomic E-state index is -0.757. The Hall–Kier alpha value is 0.269. The number of carboxylic acid groups (broad SMARTS) is 1. The molecule has 0 atom stereocenters. The van der Waals surface area contributed by atoms with E-state index in [1.807, 2.05) is 0 Å². The molecule has 0 aliphatic carbocycles. The van der Waals surface area contributed by atoms with Gasteiger partial charge in [0.2, 0.25) is 0 Å². The summed E-state index contributed by atoms with van der Waals surface area (Å²) in [6, 6.07) is 0. The van der Waals surface area contributed by atoms with Crippen molar-refractivity contribution >= 4 is 29.9 Å². The Balaban J connectivity index is 0. The molecule has 0 fully saturated rings. The maximum atomic E-state index is 10.0. The van der Waals surface area contributed by atoms with Gasteiger partial charge in [0.25, 0.3) is 0 Å². The van der Waals surface area contributed by atoms with Crippen LogP contribution in [0.5, 0.6) is 0 Å². The summed E-state index contributed by atoms with van der Waals surface area (Å²) >= 11 is 0. The van der Waals surface area contributed by atoms with Gasteiger partial charge in [-0.2, -0.15) is 0 Å². The zero-order chi connectivity index (χ0) is 6.08. The van der Waals surface area contributed by atoms with Crippen LogP contribution in [0.1, 0.15) is 20.8 Å². The van der Waals surface area contributed by atoms with Gasteiger partial charge in [-0.1, -0.05) is 0 Å². The molecule has 1 N–H and O–H groups in total. The van der Waals surface area contributed by atoms with Crippen LogP contribution in [-0.4, -0.2) is 35.0 Å². The SMILES string of the molecule is CC(C)(C)C(=O)O.[SnH2]. The summed E-state index contributed by atoms with van der Waals surface area (Å²) in [5.74, 6) is -0.757. The molecule has 0 saturated heterocycles. The number of hydrogen-bond donors (Lipinski definition) is 1. The monoisotopic (exact) mass is 224 g/mol. The molecule has 2 radical (unpaired) electrons. The van der Waals surface area contributed by atoms with E-state index in [2.05, 4.69) is 0 Å². The molecule has 0 amide bonds. The summed E-state index contributed by atoms with van der Waals surface area (Å²) in [5, 5.41) is 8.25. The Morgan fingerprint density at radius 2 is 1.50 bits per heavy atom. The van der Waals surface area contributed by atoms with Gasteiger partial charge in [-0.05, 0) is 20.8 Å². The zero-order valence-corrected chi connectivity index (χ0v) is 9.60. The topological polar surface area (TPSA) is 37.3 Å². The first-order chi connectivity index (χ1) is 2.94. The van der Waals surface area contributed by atoms with Crippen LogP contribution < -0.4 is 0 Å². The first-order valence-electron chi connectivity index (χ1n) is 2.18. The fourth-order valence-corrected chi connectivity index (χ4v) is 0. The van der Waals surface area contributed by atoms with E-state index in [0.29, 0.717) is 0 Å². The number of hydrogen-bond acceptors (Lipinski definition) is 1. The summed E-state index contributed by atoms with van der Waals surface area (Å²) in [7, 11) is 0. The van der Waals surface area contributed by atoms with Crippen molar-refractivity contribution in [1.29, 1.82) is 0 Å². The Bertz CT molecular complexity index is 82.9. The first-order valence-corrected chi connectivity index (χ1v) is 2.18. The summed E-state index contributed by atoms with van der Waals surface area (Å²) in [6.45, 7) is 4.99. The van der Waals surface area contributed by atoms with E-state index in [-0.39, 0.29) is 23.9 Å². The molecule has 0 heterocycles. The third-order valence-electron chi connectivity index (χ3n) is 0.642. The summed E-state index contributed by atoms with van der Waals surface area (Å²) in [5.41, 5.74) is -0.583. The summed E-state index contributed by atoms with van der Waals surface area (Å²) in [6.07, 6.45) is 0. The van der Waals surface area contributed by atoms with Gasteiger partial charge in [0.05, 0.1) is 5.41 Å². The van der Waals surface area contributed by atoms with Crippen molar-refractivity contribution in [1.82, 2.24) is 0 Å². The molecule has 0 aromatic carbocycles. The quantitative estimate of drug-likeness (QED) is 0.595. The van der Waals surface area contributed by atoms with Crippen LogP contribution >= 0.6 is 0 Å². The van der Waals surface area contributed by atoms with Crippen molar-refractivity contribution in [2.75, 3.05) is 0 Å². The second kappa shape index (κ2) is 3.32. The van der Waals surface area contributed by atoms with Crippen molar-refractivity contribution < 1.29 is 9.90 Å². The third kappa shape index (κ3) is 4.43. The molecular formula is C5H12O2Sn. The van der Waals surface area contributed by atoms with Gasteiger partial charge in [-0.25, -0.2) is 0 Å². The van der Waals surface area contributed by atoms with E-state index in [1.54, 1.807) is 20.8 Å². The van der Waals surface area contributed by atoms with Crippen LogP contribution in [0.15, 0.2) is 0 Å². The zero-order valence-electron chi connectivity index (χ0n) is 5.56. The van der Waals surface area contributed by atoms with Crippen LogP contribution in [-0.2, 0) is 4.79 Å². The predicted octanol–water partition coefficient (Wildman–Crippen LogP) is 0.201. The molecule has 2 nitrogen and oxygen atoms in total. The van der Waals surface area contributed by atoms with Gasteiger partial charge in [0, 0.05) is 0 Å². The van der Waals surface area contributed by atoms with E-state index in [1.165, 1.54) is 0 Å². The first kappa shape index (κ1) is 11.1. The number of carboxylic acids is 1. The molecule has 0 aromatic heterocycles. The molecule has 0 rings (SSSR count). The molecule has 0 aromatic rings. The van der Waals surface area contributed by atoms with Crippen molar-refractivity contribution in [3.8, 4) is 0 Å². The predicted molar refractivity (Wildman–Crippen MR) is 35.6 cm³/mol. The van der Waals surface area contributed by atoms with Crippen molar-refractivity contribution in [2.45, 2.75) is 20.8 Å². The Morgan fingerprint density at radius 1 is 1.38 bits per heavy atom. The standard InChI is InChI=1S/C5H10O2.Sn.2H/c1-5(2,3)4(6)7;;;/h1-3H3,(H,6,7);;;. The van der Waals surface area contributed by atoms with Crippen LogP contribution in [0, 0.1) is 5.41 Å². The Morgan fingerprint density at radius 3 is 1.50 bits per heavy atom. The van der Waals surface area contributed by atoms with Crippen molar-refractivity contribution in [2.24, 2.45) is 5.41 Å². The minimum absolute atomic E-state index is 0. The van der Waals surface area contributed by atoms with Gasteiger partial charge < -0.3 is 5.11 Å². The molecule has 0 spiro atoms. The maximum absolute atomic E-state index is 10.0. The fraction of sp³-hybridized carbons (Fsp3) is 0.800. The van der Waals surface area contributed by atoms with E-state index in [9.17, 15) is 4.79 Å². The molecule has 0 aliphatic heterocycles. The molecule has 0 unspecified atom stereocenters. The number of carbonyl (C=O) groups is 1. The average Bonchev–Trinajstić information content (AvgIpc) is 1.31. The van der Waals surface area contributed by atoms with E-state index < -0.39 is 11.4 Å². The van der Waals surface area contributed by atoms with Crippen LogP contribution in [0.3, 0.4) is 0 Å². The van der Waals surface area contributed by atoms with E-state index in [0.717, 1.165) is 0 Å². The fourth-order valence-electron chi connectivity index (χ4n) is 0. The summed E-state index contributed by atoms with van der Waals surface area (Å²) in [4.78, 5) is 10.0. The van der Waals surface area contributed by atoms with E-state index in [4.69, 9.17) is 5.11 Å². The van der Waals surface area contributed by atoms with Gasteiger partial charge in [-0.15, -0.1) is 0 Å². The van der Waals surface area contributed by atoms with Crippen molar-refractivity contribution in [3.05, 3.63) is 0 Å². The van der Waals surface area contributed by atoms with Gasteiger partial charge in [0.1, 0.15) is 0 Å². The normalized spacial score (nSPS) is 9.88. The summed E-state index contributed by atoms with van der Waals surface area (Å²) < 4.78 is 0. The molecule has 3 heteroatoms. The molecule has 0 aliphatic rings. The molecule has 0 bridgehead atoms. The van der Waals surface area contributed by atoms with Crippen molar-refractivity contribution in [3.63, 3.8) is 0 Å². The van der Waals surface area contributed by atoms with Gasteiger partial charge >= 0.3 is 29.9 Å².